The lowest BCUT2D eigenvalue weighted by Gasteiger charge is -2.36. The van der Waals surface area contributed by atoms with Crippen molar-refractivity contribution in [1.82, 2.24) is 34.3 Å². The molecule has 1 aromatic carbocycles. The summed E-state index contributed by atoms with van der Waals surface area (Å²) in [7, 11) is 0. The van der Waals surface area contributed by atoms with E-state index < -0.39 is 22.8 Å². The van der Waals surface area contributed by atoms with E-state index in [1.807, 2.05) is 4.90 Å². The highest BCUT2D eigenvalue weighted by molar-refractivity contribution is 7.91. The van der Waals surface area contributed by atoms with Gasteiger partial charge in [-0.2, -0.15) is 14.6 Å². The average Bonchev–Trinajstić information content (AvgIpc) is 3.75. The van der Waals surface area contributed by atoms with Crippen LogP contribution in [0.1, 0.15) is 12.8 Å². The Morgan fingerprint density at radius 3 is 2.62 bits per heavy atom. The van der Waals surface area contributed by atoms with E-state index in [4.69, 9.17) is 14.9 Å². The molecule has 2 fully saturated rings. The second kappa shape index (κ2) is 11.0. The van der Waals surface area contributed by atoms with Gasteiger partial charge in [0.15, 0.2) is 28.6 Å². The maximum absolute atomic E-state index is 14.8. The fourth-order valence-corrected chi connectivity index (χ4v) is 6.76. The molecule has 5 aromatic rings. The van der Waals surface area contributed by atoms with E-state index in [1.165, 1.54) is 10.6 Å². The number of anilines is 2. The minimum Gasteiger partial charge on any atom is -0.616 e. The summed E-state index contributed by atoms with van der Waals surface area (Å²) in [5.41, 5.74) is 7.69. The summed E-state index contributed by atoms with van der Waals surface area (Å²) in [6, 6.07) is 5.89. The molecule has 0 spiro atoms. The van der Waals surface area contributed by atoms with Crippen LogP contribution in [-0.4, -0.2) is 89.1 Å². The standard InChI is InChI=1S/C27H29F2N9O3S/c28-19-14-20(29)23(41-17-3-12-42(39)13-4-17)15-21(19)36-8-5-35(6-9-36)7-10-37-25-18(16-31-37)26-32-24(22-2-1-11-40-22)34-38(26)27(30)33-25/h1-2,11,14-17H,3-10,12-13H2,(H2,30,33)/t17-,42-. The molecule has 4 aromatic heterocycles. The van der Waals surface area contributed by atoms with Crippen LogP contribution in [0.4, 0.5) is 20.4 Å². The van der Waals surface area contributed by atoms with Crippen LogP contribution in [0.2, 0.25) is 0 Å². The third-order valence-corrected chi connectivity index (χ3v) is 9.19. The average molecular weight is 598 g/mol. The molecule has 2 saturated heterocycles. The normalized spacial score (nSPS) is 20.1. The predicted molar refractivity (Wildman–Crippen MR) is 153 cm³/mol. The van der Waals surface area contributed by atoms with Gasteiger partial charge >= 0.3 is 0 Å². The summed E-state index contributed by atoms with van der Waals surface area (Å²) in [4.78, 5) is 13.3. The van der Waals surface area contributed by atoms with Gasteiger partial charge in [0.1, 0.15) is 23.4 Å². The third-order valence-electron chi connectivity index (χ3n) is 7.81. The number of ether oxygens (including phenoxy) is 1. The van der Waals surface area contributed by atoms with E-state index in [1.54, 1.807) is 29.3 Å². The van der Waals surface area contributed by atoms with Crippen LogP contribution < -0.4 is 15.4 Å². The number of nitrogens with two attached hydrogens (primary N) is 1. The molecule has 0 bridgehead atoms. The van der Waals surface area contributed by atoms with Crippen molar-refractivity contribution in [3.05, 3.63) is 48.4 Å². The highest BCUT2D eigenvalue weighted by Crippen LogP contribution is 2.31. The smallest absolute Gasteiger partial charge is 0.225 e. The van der Waals surface area contributed by atoms with Crippen molar-refractivity contribution in [3.8, 4) is 17.3 Å². The number of hydrogen-bond donors (Lipinski definition) is 1. The van der Waals surface area contributed by atoms with Crippen molar-refractivity contribution in [2.45, 2.75) is 25.5 Å². The number of nitrogens with zero attached hydrogens (tertiary/aromatic N) is 8. The molecule has 0 amide bonds. The van der Waals surface area contributed by atoms with Gasteiger partial charge in [-0.25, -0.2) is 18.4 Å². The Morgan fingerprint density at radius 2 is 1.86 bits per heavy atom. The highest BCUT2D eigenvalue weighted by Gasteiger charge is 2.27. The maximum atomic E-state index is 14.8. The molecule has 220 valence electrons. The summed E-state index contributed by atoms with van der Waals surface area (Å²) in [6.07, 6.45) is 4.25. The van der Waals surface area contributed by atoms with Crippen molar-refractivity contribution in [2.24, 2.45) is 0 Å². The van der Waals surface area contributed by atoms with Gasteiger partial charge in [-0.1, -0.05) is 11.2 Å². The molecule has 0 radical (unpaired) electrons. The SMILES string of the molecule is Nc1nc2c(cnn2CCN2CCN(c3cc(O[C@H]4CC[S@+]([O-])CC4)c(F)cc3F)CC2)c2nc(-c3ccco3)nn12. The van der Waals surface area contributed by atoms with Gasteiger partial charge in [0, 0.05) is 57.7 Å². The van der Waals surface area contributed by atoms with Gasteiger partial charge in [0.2, 0.25) is 11.8 Å². The molecule has 2 aliphatic heterocycles. The van der Waals surface area contributed by atoms with Gasteiger partial charge in [-0.15, -0.1) is 5.10 Å². The van der Waals surface area contributed by atoms with Crippen LogP contribution >= 0.6 is 0 Å². The first-order valence-electron chi connectivity index (χ1n) is 13.8. The van der Waals surface area contributed by atoms with E-state index >= 15 is 0 Å². The molecule has 15 heteroatoms. The van der Waals surface area contributed by atoms with Gasteiger partial charge in [0.05, 0.1) is 30.1 Å². The van der Waals surface area contributed by atoms with E-state index in [0.717, 1.165) is 11.5 Å². The van der Waals surface area contributed by atoms with Crippen LogP contribution in [-0.2, 0) is 17.7 Å². The summed E-state index contributed by atoms with van der Waals surface area (Å²) < 4.78 is 55.5. The fraction of sp³-hybridized carbons (Fsp3) is 0.407. The van der Waals surface area contributed by atoms with E-state index in [2.05, 4.69) is 25.1 Å². The lowest BCUT2D eigenvalue weighted by atomic mass is 10.2. The molecule has 2 aliphatic rings. The number of piperazine rings is 1. The Kier molecular flexibility index (Phi) is 7.07. The second-order valence-electron chi connectivity index (χ2n) is 10.5. The minimum atomic E-state index is -0.841. The van der Waals surface area contributed by atoms with Gasteiger partial charge < -0.3 is 24.3 Å². The molecule has 6 heterocycles. The Hall–Kier alpha value is -3.95. The number of aromatic nitrogens is 6. The molecule has 0 aliphatic carbocycles. The van der Waals surface area contributed by atoms with Crippen LogP contribution in [0.5, 0.6) is 5.75 Å². The zero-order valence-corrected chi connectivity index (χ0v) is 23.5. The van der Waals surface area contributed by atoms with Crippen molar-refractivity contribution >= 4 is 39.5 Å². The number of hydrogen-bond acceptors (Lipinski definition) is 10. The quantitative estimate of drug-likeness (QED) is 0.279. The van der Waals surface area contributed by atoms with E-state index in [-0.39, 0.29) is 17.8 Å². The number of halogens is 2. The molecule has 0 atom stereocenters. The van der Waals surface area contributed by atoms with Crippen molar-refractivity contribution in [2.75, 3.05) is 54.9 Å². The third kappa shape index (κ3) is 5.12. The Bertz CT molecular complexity index is 1710. The summed E-state index contributed by atoms with van der Waals surface area (Å²) in [5, 5.41) is 9.68. The van der Waals surface area contributed by atoms with E-state index in [9.17, 15) is 13.3 Å². The molecule has 42 heavy (non-hydrogen) atoms. The van der Waals surface area contributed by atoms with Crippen LogP contribution in [0.3, 0.4) is 0 Å². The lowest BCUT2D eigenvalue weighted by molar-refractivity contribution is 0.181. The number of nitrogen functional groups attached to an aromatic ring is 1. The van der Waals surface area contributed by atoms with Crippen LogP contribution in [0.15, 0.2) is 41.1 Å². The first-order valence-corrected chi connectivity index (χ1v) is 15.3. The predicted octanol–water partition coefficient (Wildman–Crippen LogP) is 2.71. The van der Waals surface area contributed by atoms with Crippen molar-refractivity contribution < 1.29 is 22.5 Å². The molecule has 2 N–H and O–H groups in total. The largest absolute Gasteiger partial charge is 0.616 e. The summed E-state index contributed by atoms with van der Waals surface area (Å²) in [5.74, 6) is 0.931. The second-order valence-corrected chi connectivity index (χ2v) is 12.1. The van der Waals surface area contributed by atoms with Crippen molar-refractivity contribution in [3.63, 3.8) is 0 Å². The summed E-state index contributed by atoms with van der Waals surface area (Å²) >= 11 is -0.841. The van der Waals surface area contributed by atoms with Gasteiger partial charge in [-0.05, 0) is 12.1 Å². The zero-order chi connectivity index (χ0) is 28.8. The Morgan fingerprint density at radius 1 is 1.05 bits per heavy atom. The number of rotatable bonds is 7. The topological polar surface area (TPSA) is 139 Å². The maximum Gasteiger partial charge on any atom is 0.225 e. The van der Waals surface area contributed by atoms with Gasteiger partial charge in [0.25, 0.3) is 0 Å². The Balaban J connectivity index is 1.00. The van der Waals surface area contributed by atoms with E-state index in [0.29, 0.717) is 92.2 Å². The minimum absolute atomic E-state index is 0.0434. The van der Waals surface area contributed by atoms with Crippen LogP contribution in [0.25, 0.3) is 28.3 Å². The molecule has 0 saturated carbocycles. The fourth-order valence-electron chi connectivity index (χ4n) is 5.50. The first-order chi connectivity index (χ1) is 20.4. The molecular weight excluding hydrogens is 568 g/mol. The van der Waals surface area contributed by atoms with Crippen LogP contribution in [0, 0.1) is 11.6 Å². The Labute approximate surface area is 242 Å². The number of furan rings is 1. The molecule has 12 nitrogen and oxygen atoms in total. The molecule has 7 rings (SSSR count). The number of fused-ring (bicyclic) bond motifs is 3. The highest BCUT2D eigenvalue weighted by atomic mass is 32.2. The molecular formula is C27H29F2N9O3S. The zero-order valence-electron chi connectivity index (χ0n) is 22.7. The monoisotopic (exact) mass is 597 g/mol. The summed E-state index contributed by atoms with van der Waals surface area (Å²) in [6.45, 7) is 3.80. The number of benzene rings is 1. The first kappa shape index (κ1) is 26.9. The lowest BCUT2D eigenvalue weighted by Crippen LogP contribution is -2.47. The van der Waals surface area contributed by atoms with Crippen molar-refractivity contribution in [1.29, 1.82) is 0 Å². The van der Waals surface area contributed by atoms with Gasteiger partial charge in [-0.3, -0.25) is 4.90 Å². The molecule has 0 unspecified atom stereocenters.